The Morgan fingerprint density at radius 2 is 1.60 bits per heavy atom. The molecule has 6 nitrogen and oxygen atoms in total. The molecular weight excluding hydrogens is 400 g/mol. The van der Waals surface area contributed by atoms with E-state index in [2.05, 4.69) is 10.6 Å². The van der Waals surface area contributed by atoms with E-state index in [1.807, 2.05) is 36.4 Å². The zero-order valence-corrected chi connectivity index (χ0v) is 17.5. The second-order valence-corrected chi connectivity index (χ2v) is 7.56. The minimum atomic E-state index is -0.845. The van der Waals surface area contributed by atoms with E-state index in [9.17, 15) is 14.4 Å². The Hall–Kier alpha value is -3.45. The van der Waals surface area contributed by atoms with Crippen LogP contribution in [0.3, 0.4) is 0 Å². The van der Waals surface area contributed by atoms with Crippen molar-refractivity contribution in [3.8, 4) is 0 Å². The molecule has 0 bridgehead atoms. The number of amides is 2. The number of esters is 1. The second kappa shape index (κ2) is 9.84. The van der Waals surface area contributed by atoms with Crippen LogP contribution in [-0.4, -0.2) is 30.9 Å². The predicted molar refractivity (Wildman–Crippen MR) is 117 cm³/mol. The molecule has 3 aromatic rings. The van der Waals surface area contributed by atoms with Crippen LogP contribution in [0.4, 0.5) is 5.00 Å². The fraction of sp³-hybridized carbons (Fsp3) is 0.174. The lowest BCUT2D eigenvalue weighted by Gasteiger charge is -2.17. The summed E-state index contributed by atoms with van der Waals surface area (Å²) in [5.74, 6) is -1.28. The van der Waals surface area contributed by atoms with Crippen molar-refractivity contribution in [2.45, 2.75) is 19.4 Å². The number of anilines is 1. The van der Waals surface area contributed by atoms with Gasteiger partial charge in [-0.15, -0.1) is 11.3 Å². The zero-order chi connectivity index (χ0) is 21.5. The number of hydrogen-bond donors (Lipinski definition) is 2. The summed E-state index contributed by atoms with van der Waals surface area (Å²) < 4.78 is 4.86. The Morgan fingerprint density at radius 1 is 0.967 bits per heavy atom. The number of aryl methyl sites for hydroxylation is 1. The van der Waals surface area contributed by atoms with Crippen LogP contribution in [0.1, 0.15) is 31.8 Å². The smallest absolute Gasteiger partial charge is 0.328 e. The molecule has 3 rings (SSSR count). The number of hydrogen-bond acceptors (Lipinski definition) is 5. The normalized spacial score (nSPS) is 11.4. The molecule has 0 saturated carbocycles. The van der Waals surface area contributed by atoms with Crippen molar-refractivity contribution in [3.63, 3.8) is 0 Å². The first kappa shape index (κ1) is 21.3. The highest BCUT2D eigenvalue weighted by atomic mass is 32.1. The van der Waals surface area contributed by atoms with Crippen LogP contribution >= 0.6 is 11.3 Å². The summed E-state index contributed by atoms with van der Waals surface area (Å²) in [5.41, 5.74) is 2.44. The van der Waals surface area contributed by atoms with Crippen molar-refractivity contribution in [1.29, 1.82) is 0 Å². The molecule has 0 radical (unpaired) electrons. The Balaban J connectivity index is 1.79. The van der Waals surface area contributed by atoms with Crippen molar-refractivity contribution in [2.75, 3.05) is 12.4 Å². The van der Waals surface area contributed by atoms with Gasteiger partial charge >= 0.3 is 5.97 Å². The van der Waals surface area contributed by atoms with Gasteiger partial charge in [0.15, 0.2) is 0 Å². The molecule has 2 amide bonds. The van der Waals surface area contributed by atoms with E-state index >= 15 is 0 Å². The van der Waals surface area contributed by atoms with Gasteiger partial charge in [0.1, 0.15) is 11.0 Å². The van der Waals surface area contributed by atoms with Crippen LogP contribution in [0.5, 0.6) is 0 Å². The van der Waals surface area contributed by atoms with Gasteiger partial charge in [-0.05, 0) is 35.6 Å². The first-order chi connectivity index (χ1) is 14.5. The molecule has 1 unspecified atom stereocenters. The van der Waals surface area contributed by atoms with E-state index in [-0.39, 0.29) is 5.91 Å². The maximum absolute atomic E-state index is 13.0. The highest BCUT2D eigenvalue weighted by molar-refractivity contribution is 7.15. The maximum atomic E-state index is 13.0. The lowest BCUT2D eigenvalue weighted by Crippen LogP contribution is -2.43. The quantitative estimate of drug-likeness (QED) is 0.567. The summed E-state index contributed by atoms with van der Waals surface area (Å²) in [4.78, 5) is 37.8. The summed E-state index contributed by atoms with van der Waals surface area (Å²) in [7, 11) is 1.29. The largest absolute Gasteiger partial charge is 0.467 e. The molecule has 2 aromatic carbocycles. The molecule has 0 aliphatic heterocycles. The average Bonchev–Trinajstić information content (AvgIpc) is 3.13. The van der Waals surface area contributed by atoms with Gasteiger partial charge < -0.3 is 15.4 Å². The van der Waals surface area contributed by atoms with Gasteiger partial charge in [0.2, 0.25) is 0 Å². The number of rotatable bonds is 7. The fourth-order valence-electron chi connectivity index (χ4n) is 3.00. The molecule has 30 heavy (non-hydrogen) atoms. The number of nitrogens with one attached hydrogen (secondary N) is 2. The molecule has 1 atom stereocenters. The van der Waals surface area contributed by atoms with Crippen LogP contribution in [0.2, 0.25) is 0 Å². The number of ether oxygens (including phenoxy) is 1. The SMILES string of the molecule is COC(=O)C(Cc1ccccc1)NC(=O)c1c(C)csc1NC(=O)c1ccccc1. The molecule has 0 aliphatic carbocycles. The molecule has 1 aromatic heterocycles. The summed E-state index contributed by atoms with van der Waals surface area (Å²) in [6, 6.07) is 17.3. The second-order valence-electron chi connectivity index (χ2n) is 6.68. The number of benzene rings is 2. The lowest BCUT2D eigenvalue weighted by molar-refractivity contribution is -0.142. The van der Waals surface area contributed by atoms with Crippen molar-refractivity contribution >= 4 is 34.1 Å². The Morgan fingerprint density at radius 3 is 2.23 bits per heavy atom. The molecule has 154 valence electrons. The number of thiophene rings is 1. The van der Waals surface area contributed by atoms with E-state index in [0.717, 1.165) is 5.56 Å². The van der Waals surface area contributed by atoms with Crippen LogP contribution in [0, 0.1) is 6.92 Å². The third-order valence-electron chi connectivity index (χ3n) is 4.54. The summed E-state index contributed by atoms with van der Waals surface area (Å²) in [5, 5.41) is 7.78. The minimum Gasteiger partial charge on any atom is -0.467 e. The number of carbonyl (C=O) groups excluding carboxylic acids is 3. The Bertz CT molecular complexity index is 1030. The van der Waals surface area contributed by atoms with Gasteiger partial charge in [-0.25, -0.2) is 4.79 Å². The first-order valence-electron chi connectivity index (χ1n) is 9.36. The van der Waals surface area contributed by atoms with E-state index in [4.69, 9.17) is 4.74 Å². The van der Waals surface area contributed by atoms with Crippen molar-refractivity contribution in [1.82, 2.24) is 5.32 Å². The number of methoxy groups -OCH3 is 1. The molecule has 2 N–H and O–H groups in total. The highest BCUT2D eigenvalue weighted by Crippen LogP contribution is 2.28. The Kier molecular flexibility index (Phi) is 6.98. The van der Waals surface area contributed by atoms with E-state index < -0.39 is 17.9 Å². The monoisotopic (exact) mass is 422 g/mol. The molecule has 1 heterocycles. The maximum Gasteiger partial charge on any atom is 0.328 e. The molecule has 0 spiro atoms. The van der Waals surface area contributed by atoms with Gasteiger partial charge in [-0.1, -0.05) is 48.5 Å². The fourth-order valence-corrected chi connectivity index (χ4v) is 3.93. The lowest BCUT2D eigenvalue weighted by atomic mass is 10.1. The summed E-state index contributed by atoms with van der Waals surface area (Å²) >= 11 is 1.26. The topological polar surface area (TPSA) is 84.5 Å². The van der Waals surface area contributed by atoms with Crippen molar-refractivity contribution < 1.29 is 19.1 Å². The highest BCUT2D eigenvalue weighted by Gasteiger charge is 2.26. The molecule has 0 saturated heterocycles. The standard InChI is InChI=1S/C23H22N2O4S/c1-15-14-30-22(25-20(26)17-11-7-4-8-12-17)19(15)21(27)24-18(23(28)29-2)13-16-9-5-3-6-10-16/h3-12,14,18H,13H2,1-2H3,(H,24,27)(H,25,26). The summed E-state index contributed by atoms with van der Waals surface area (Å²) in [6.07, 6.45) is 0.300. The van der Waals surface area contributed by atoms with Gasteiger partial charge in [-0.3, -0.25) is 9.59 Å². The van der Waals surface area contributed by atoms with Crippen molar-refractivity contribution in [3.05, 3.63) is 88.3 Å². The molecular formula is C23H22N2O4S. The van der Waals surface area contributed by atoms with Crippen LogP contribution in [-0.2, 0) is 16.0 Å². The summed E-state index contributed by atoms with van der Waals surface area (Å²) in [6.45, 7) is 1.79. The van der Waals surface area contributed by atoms with Gasteiger partial charge in [0.05, 0.1) is 12.7 Å². The predicted octanol–water partition coefficient (Wildman–Crippen LogP) is 3.82. The van der Waals surface area contributed by atoms with E-state index in [0.29, 0.717) is 28.1 Å². The van der Waals surface area contributed by atoms with Crippen LogP contribution in [0.15, 0.2) is 66.0 Å². The van der Waals surface area contributed by atoms with Crippen molar-refractivity contribution in [2.24, 2.45) is 0 Å². The number of carbonyl (C=O) groups is 3. The van der Waals surface area contributed by atoms with E-state index in [1.165, 1.54) is 18.4 Å². The average molecular weight is 423 g/mol. The van der Waals surface area contributed by atoms with Gasteiger partial charge in [-0.2, -0.15) is 0 Å². The molecule has 0 aliphatic rings. The molecule has 0 fully saturated rings. The van der Waals surface area contributed by atoms with Gasteiger partial charge in [0, 0.05) is 12.0 Å². The van der Waals surface area contributed by atoms with Crippen LogP contribution in [0.25, 0.3) is 0 Å². The van der Waals surface area contributed by atoms with Crippen LogP contribution < -0.4 is 10.6 Å². The third kappa shape index (κ3) is 5.12. The minimum absolute atomic E-state index is 0.300. The molecule has 7 heteroatoms. The van der Waals surface area contributed by atoms with E-state index in [1.54, 1.807) is 36.6 Å². The zero-order valence-electron chi connectivity index (χ0n) is 16.7. The first-order valence-corrected chi connectivity index (χ1v) is 10.2. The van der Waals surface area contributed by atoms with Gasteiger partial charge in [0.25, 0.3) is 11.8 Å². The third-order valence-corrected chi connectivity index (χ3v) is 5.55. The Labute approximate surface area is 178 Å².